The molecule has 70 valence electrons. The number of rotatable bonds is 1. The first kappa shape index (κ1) is 8.57. The number of pyridine rings is 1. The minimum absolute atomic E-state index is 0.108. The van der Waals surface area contributed by atoms with Crippen LogP contribution in [-0.4, -0.2) is 16.9 Å². The van der Waals surface area contributed by atoms with Gasteiger partial charge in [0.05, 0.1) is 5.69 Å². The smallest absolute Gasteiger partial charge is 0.248 e. The van der Waals surface area contributed by atoms with Crippen LogP contribution < -0.4 is 10.6 Å². The Labute approximate surface area is 81.7 Å². The van der Waals surface area contributed by atoms with E-state index in [1.165, 1.54) is 0 Å². The van der Waals surface area contributed by atoms with E-state index >= 15 is 0 Å². The molecule has 1 amide bonds. The van der Waals surface area contributed by atoms with Crippen LogP contribution in [0.25, 0.3) is 0 Å². The molecule has 4 nitrogen and oxygen atoms in total. The minimum atomic E-state index is -0.373. The molecule has 2 heterocycles. The van der Waals surface area contributed by atoms with Crippen molar-refractivity contribution >= 4 is 17.4 Å². The van der Waals surface area contributed by atoms with Crippen LogP contribution in [0.3, 0.4) is 0 Å². The molecule has 2 N–H and O–H groups in total. The van der Waals surface area contributed by atoms with Crippen molar-refractivity contribution in [1.29, 1.82) is 0 Å². The van der Waals surface area contributed by atoms with Gasteiger partial charge in [0.25, 0.3) is 0 Å². The number of carbonyl (C=O) groups excluding carboxylic acids is 1. The summed E-state index contributed by atoms with van der Waals surface area (Å²) in [7, 11) is 0. The van der Waals surface area contributed by atoms with Crippen LogP contribution in [-0.2, 0) is 4.79 Å². The van der Waals surface area contributed by atoms with E-state index in [0.29, 0.717) is 17.9 Å². The Morgan fingerprint density at radius 3 is 3.29 bits per heavy atom. The van der Waals surface area contributed by atoms with Crippen molar-refractivity contribution in [1.82, 2.24) is 4.98 Å². The summed E-state index contributed by atoms with van der Waals surface area (Å²) in [6, 6.07) is 3.18. The van der Waals surface area contributed by atoms with E-state index in [-0.39, 0.29) is 11.9 Å². The third-order valence-electron chi connectivity index (χ3n) is 2.01. The molecule has 1 aromatic heterocycles. The molecule has 2 rings (SSSR count). The maximum absolute atomic E-state index is 11.5. The lowest BCUT2D eigenvalue weighted by Gasteiger charge is -2.24. The Kier molecular flexibility index (Phi) is 2.07. The van der Waals surface area contributed by atoms with E-state index in [1.807, 2.05) is 0 Å². The molecule has 14 heavy (non-hydrogen) atoms. The van der Waals surface area contributed by atoms with Gasteiger partial charge in [-0.1, -0.05) is 0 Å². The van der Waals surface area contributed by atoms with Crippen LogP contribution in [0.1, 0.15) is 6.42 Å². The Morgan fingerprint density at radius 2 is 2.50 bits per heavy atom. The zero-order valence-corrected chi connectivity index (χ0v) is 7.45. The summed E-state index contributed by atoms with van der Waals surface area (Å²) in [5, 5.41) is 5.72. The molecule has 1 aromatic rings. The summed E-state index contributed by atoms with van der Waals surface area (Å²) >= 11 is 0. The second kappa shape index (κ2) is 3.38. The van der Waals surface area contributed by atoms with Gasteiger partial charge >= 0.3 is 0 Å². The van der Waals surface area contributed by atoms with Crippen LogP contribution in [0.4, 0.5) is 11.5 Å². The molecular weight excluding hydrogens is 178 g/mol. The fourth-order valence-corrected chi connectivity index (χ4v) is 1.33. The highest BCUT2D eigenvalue weighted by molar-refractivity contribution is 6.02. The fraction of sp³-hybridized carbons (Fsp3) is 0.200. The highest BCUT2D eigenvalue weighted by atomic mass is 16.2. The number of fused-ring (bicyclic) bond motifs is 1. The van der Waals surface area contributed by atoms with Crippen LogP contribution in [0.2, 0.25) is 0 Å². The minimum Gasteiger partial charge on any atom is -0.356 e. The maximum Gasteiger partial charge on any atom is 0.248 e. The van der Waals surface area contributed by atoms with E-state index in [9.17, 15) is 4.79 Å². The van der Waals surface area contributed by atoms with Gasteiger partial charge in [0, 0.05) is 12.6 Å². The molecule has 0 saturated heterocycles. The van der Waals surface area contributed by atoms with Crippen LogP contribution in [0.5, 0.6) is 0 Å². The van der Waals surface area contributed by atoms with E-state index in [0.717, 1.165) is 0 Å². The topological polar surface area (TPSA) is 54.0 Å². The van der Waals surface area contributed by atoms with Gasteiger partial charge in [-0.3, -0.25) is 4.79 Å². The predicted molar refractivity (Wildman–Crippen MR) is 53.7 cm³/mol. The first-order chi connectivity index (χ1) is 6.81. The predicted octanol–water partition coefficient (Wildman–Crippen LogP) is 0.837. The zero-order valence-electron chi connectivity index (χ0n) is 7.45. The number of nitrogens with zero attached hydrogens (tertiary/aromatic N) is 1. The highest BCUT2D eigenvalue weighted by Gasteiger charge is 2.24. The van der Waals surface area contributed by atoms with Gasteiger partial charge < -0.3 is 10.6 Å². The van der Waals surface area contributed by atoms with Crippen LogP contribution in [0.15, 0.2) is 18.3 Å². The Bertz CT molecular complexity index is 408. The van der Waals surface area contributed by atoms with Gasteiger partial charge in [0.2, 0.25) is 5.91 Å². The summed E-state index contributed by atoms with van der Waals surface area (Å²) in [4.78, 5) is 15.5. The Balaban J connectivity index is 2.28. The Morgan fingerprint density at radius 1 is 1.64 bits per heavy atom. The highest BCUT2D eigenvalue weighted by Crippen LogP contribution is 2.23. The fourth-order valence-electron chi connectivity index (χ4n) is 1.33. The molecule has 0 unspecified atom stereocenters. The quantitative estimate of drug-likeness (QED) is 0.640. The van der Waals surface area contributed by atoms with Gasteiger partial charge in [0.15, 0.2) is 0 Å². The number of hydrogen-bond donors (Lipinski definition) is 2. The average Bonchev–Trinajstić information content (AvgIpc) is 2.19. The maximum atomic E-state index is 11.5. The first-order valence-electron chi connectivity index (χ1n) is 4.27. The molecule has 0 aliphatic carbocycles. The lowest BCUT2D eigenvalue weighted by atomic mass is 10.1. The lowest BCUT2D eigenvalue weighted by molar-refractivity contribution is -0.117. The summed E-state index contributed by atoms with van der Waals surface area (Å²) in [5.41, 5.74) is 0.700. The van der Waals surface area contributed by atoms with Crippen molar-refractivity contribution in [3.05, 3.63) is 18.3 Å². The first-order valence-corrected chi connectivity index (χ1v) is 4.27. The molecule has 1 aliphatic rings. The second-order valence-corrected chi connectivity index (χ2v) is 2.99. The van der Waals surface area contributed by atoms with Gasteiger partial charge in [-0.2, -0.15) is 0 Å². The van der Waals surface area contributed by atoms with Crippen molar-refractivity contribution in [3.63, 3.8) is 0 Å². The summed E-state index contributed by atoms with van der Waals surface area (Å²) in [6.45, 7) is 0. The van der Waals surface area contributed by atoms with E-state index in [1.54, 1.807) is 18.3 Å². The number of hydrogen-bond acceptors (Lipinski definition) is 3. The van der Waals surface area contributed by atoms with Crippen LogP contribution in [0, 0.1) is 12.3 Å². The lowest BCUT2D eigenvalue weighted by Crippen LogP contribution is -2.38. The normalized spacial score (nSPS) is 18.8. The summed E-state index contributed by atoms with van der Waals surface area (Å²) < 4.78 is 0. The number of aromatic nitrogens is 1. The molecule has 0 fully saturated rings. The van der Waals surface area contributed by atoms with Crippen molar-refractivity contribution < 1.29 is 4.79 Å². The second-order valence-electron chi connectivity index (χ2n) is 2.99. The largest absolute Gasteiger partial charge is 0.356 e. The van der Waals surface area contributed by atoms with Crippen molar-refractivity contribution in [2.75, 3.05) is 10.6 Å². The number of amides is 1. The molecule has 0 aromatic carbocycles. The molecule has 1 atom stereocenters. The molecule has 4 heteroatoms. The number of anilines is 2. The van der Waals surface area contributed by atoms with E-state index in [2.05, 4.69) is 21.5 Å². The van der Waals surface area contributed by atoms with Gasteiger partial charge in [-0.15, -0.1) is 12.3 Å². The van der Waals surface area contributed by atoms with Gasteiger partial charge in [0.1, 0.15) is 11.9 Å². The van der Waals surface area contributed by atoms with E-state index in [4.69, 9.17) is 6.42 Å². The third kappa shape index (κ3) is 1.40. The average molecular weight is 187 g/mol. The summed E-state index contributed by atoms with van der Waals surface area (Å²) in [6.07, 6.45) is 7.18. The Hall–Kier alpha value is -2.02. The third-order valence-corrected chi connectivity index (χ3v) is 2.01. The van der Waals surface area contributed by atoms with E-state index < -0.39 is 0 Å². The van der Waals surface area contributed by atoms with Crippen molar-refractivity contribution in [2.24, 2.45) is 0 Å². The van der Waals surface area contributed by atoms with Gasteiger partial charge in [-0.05, 0) is 12.1 Å². The summed E-state index contributed by atoms with van der Waals surface area (Å²) in [5.74, 6) is 3.01. The zero-order chi connectivity index (χ0) is 9.97. The molecule has 0 radical (unpaired) electrons. The molecule has 0 spiro atoms. The standard InChI is InChI=1S/C10H9N3O/c1-2-4-8-10(14)13-7-5-3-6-11-9(7)12-8/h1,3,5-6,8H,4H2,(H,11,12)(H,13,14)/t8-/m1/s1. The number of carbonyl (C=O) groups is 1. The van der Waals surface area contributed by atoms with Crippen LogP contribution >= 0.6 is 0 Å². The van der Waals surface area contributed by atoms with Gasteiger partial charge in [-0.25, -0.2) is 4.98 Å². The monoisotopic (exact) mass is 187 g/mol. The molecular formula is C10H9N3O. The number of terminal acetylenes is 1. The molecule has 0 saturated carbocycles. The number of nitrogens with one attached hydrogen (secondary N) is 2. The molecule has 0 bridgehead atoms. The SMILES string of the molecule is C#CC[C@H]1Nc2ncccc2NC1=O. The van der Waals surface area contributed by atoms with Crippen molar-refractivity contribution in [2.45, 2.75) is 12.5 Å². The van der Waals surface area contributed by atoms with Crippen molar-refractivity contribution in [3.8, 4) is 12.3 Å². The molecule has 1 aliphatic heterocycles.